The van der Waals surface area contributed by atoms with Gasteiger partial charge in [0, 0.05) is 5.02 Å². The number of nitrogens with one attached hydrogen (secondary N) is 1. The summed E-state index contributed by atoms with van der Waals surface area (Å²) in [7, 11) is 0. The molecule has 0 spiro atoms. The van der Waals surface area contributed by atoms with Gasteiger partial charge >= 0.3 is 0 Å². The molecule has 0 aliphatic carbocycles. The second kappa shape index (κ2) is 7.10. The second-order valence-corrected chi connectivity index (χ2v) is 4.61. The summed E-state index contributed by atoms with van der Waals surface area (Å²) in [6.45, 7) is 4.24. The van der Waals surface area contributed by atoms with Crippen molar-refractivity contribution in [3.8, 4) is 5.75 Å². The Morgan fingerprint density at radius 1 is 1.35 bits per heavy atom. The molecule has 17 heavy (non-hydrogen) atoms. The van der Waals surface area contributed by atoms with Gasteiger partial charge in [-0.05, 0) is 56.1 Å². The summed E-state index contributed by atoms with van der Waals surface area (Å²) >= 11 is 5.97. The van der Waals surface area contributed by atoms with E-state index in [-0.39, 0.29) is 12.4 Å². The van der Waals surface area contributed by atoms with Gasteiger partial charge in [-0.3, -0.25) is 0 Å². The maximum absolute atomic E-state index is 6.03. The van der Waals surface area contributed by atoms with E-state index in [0.29, 0.717) is 6.10 Å². The molecule has 4 heteroatoms. The van der Waals surface area contributed by atoms with Gasteiger partial charge in [0.05, 0.1) is 0 Å². The molecule has 0 bridgehead atoms. The van der Waals surface area contributed by atoms with Crippen LogP contribution in [0.5, 0.6) is 5.75 Å². The molecule has 96 valence electrons. The van der Waals surface area contributed by atoms with Crippen molar-refractivity contribution in [2.75, 3.05) is 13.1 Å². The van der Waals surface area contributed by atoms with E-state index in [9.17, 15) is 0 Å². The maximum Gasteiger partial charge on any atom is 0.122 e. The van der Waals surface area contributed by atoms with E-state index >= 15 is 0 Å². The minimum atomic E-state index is 0. The van der Waals surface area contributed by atoms with Crippen molar-refractivity contribution in [2.45, 2.75) is 32.3 Å². The van der Waals surface area contributed by atoms with Gasteiger partial charge in [0.2, 0.25) is 0 Å². The normalized spacial score (nSPS) is 16.4. The summed E-state index contributed by atoms with van der Waals surface area (Å²) < 4.78 is 6.03. The van der Waals surface area contributed by atoms with Gasteiger partial charge in [-0.1, -0.05) is 18.5 Å². The molecule has 2 nitrogen and oxygen atoms in total. The van der Waals surface area contributed by atoms with Crippen LogP contribution in [0, 0.1) is 0 Å². The van der Waals surface area contributed by atoms with E-state index in [0.717, 1.165) is 43.1 Å². The smallest absolute Gasteiger partial charge is 0.122 e. The van der Waals surface area contributed by atoms with Crippen molar-refractivity contribution >= 4 is 24.0 Å². The highest BCUT2D eigenvalue weighted by Gasteiger charge is 2.15. The quantitative estimate of drug-likeness (QED) is 0.913. The van der Waals surface area contributed by atoms with Crippen LogP contribution in [0.1, 0.15) is 25.3 Å². The van der Waals surface area contributed by atoms with Gasteiger partial charge in [0.15, 0.2) is 0 Å². The minimum Gasteiger partial charge on any atom is -0.490 e. The van der Waals surface area contributed by atoms with Crippen molar-refractivity contribution in [1.82, 2.24) is 5.32 Å². The molecule has 0 aromatic heterocycles. The van der Waals surface area contributed by atoms with Crippen molar-refractivity contribution in [2.24, 2.45) is 0 Å². The Hall–Kier alpha value is -0.440. The van der Waals surface area contributed by atoms with Gasteiger partial charge in [-0.25, -0.2) is 0 Å². The number of piperidine rings is 1. The lowest BCUT2D eigenvalue weighted by molar-refractivity contribution is 0.161. The molecule has 1 aliphatic heterocycles. The first-order chi connectivity index (χ1) is 7.79. The van der Waals surface area contributed by atoms with E-state index < -0.39 is 0 Å². The monoisotopic (exact) mass is 275 g/mol. The summed E-state index contributed by atoms with van der Waals surface area (Å²) in [5, 5.41) is 4.12. The highest BCUT2D eigenvalue weighted by molar-refractivity contribution is 6.30. The van der Waals surface area contributed by atoms with E-state index in [1.165, 1.54) is 5.56 Å². The fourth-order valence-corrected chi connectivity index (χ4v) is 2.23. The first kappa shape index (κ1) is 14.6. The van der Waals surface area contributed by atoms with Crippen LogP contribution < -0.4 is 10.1 Å². The number of hydrogen-bond acceptors (Lipinski definition) is 2. The summed E-state index contributed by atoms with van der Waals surface area (Å²) in [6.07, 6.45) is 3.49. The van der Waals surface area contributed by atoms with Crippen LogP contribution in [-0.4, -0.2) is 19.2 Å². The predicted molar refractivity (Wildman–Crippen MR) is 74.6 cm³/mol. The fraction of sp³-hybridized carbons (Fsp3) is 0.538. The number of rotatable bonds is 3. The van der Waals surface area contributed by atoms with Crippen molar-refractivity contribution in [3.63, 3.8) is 0 Å². The molecule has 1 fully saturated rings. The van der Waals surface area contributed by atoms with Crippen LogP contribution in [0.3, 0.4) is 0 Å². The maximum atomic E-state index is 6.03. The van der Waals surface area contributed by atoms with Gasteiger partial charge < -0.3 is 10.1 Å². The Bertz CT molecular complexity index is 351. The van der Waals surface area contributed by atoms with Crippen LogP contribution in [0.2, 0.25) is 5.02 Å². The lowest BCUT2D eigenvalue weighted by Gasteiger charge is -2.25. The topological polar surface area (TPSA) is 21.3 Å². The average molecular weight is 276 g/mol. The molecule has 1 N–H and O–H groups in total. The number of benzene rings is 1. The highest BCUT2D eigenvalue weighted by atomic mass is 35.5. The van der Waals surface area contributed by atoms with E-state index in [1.807, 2.05) is 18.2 Å². The van der Waals surface area contributed by atoms with Crippen LogP contribution in [0.25, 0.3) is 0 Å². The van der Waals surface area contributed by atoms with Crippen LogP contribution >= 0.6 is 24.0 Å². The van der Waals surface area contributed by atoms with Crippen molar-refractivity contribution in [1.29, 1.82) is 0 Å². The molecule has 1 aromatic carbocycles. The average Bonchev–Trinajstić information content (AvgIpc) is 2.33. The van der Waals surface area contributed by atoms with Gasteiger partial charge in [0.1, 0.15) is 11.9 Å². The lowest BCUT2D eigenvalue weighted by atomic mass is 10.1. The molecule has 1 aliphatic rings. The van der Waals surface area contributed by atoms with Crippen molar-refractivity contribution < 1.29 is 4.74 Å². The summed E-state index contributed by atoms with van der Waals surface area (Å²) in [6, 6.07) is 5.89. The van der Waals surface area contributed by atoms with E-state index in [1.54, 1.807) is 0 Å². The second-order valence-electron chi connectivity index (χ2n) is 4.17. The summed E-state index contributed by atoms with van der Waals surface area (Å²) in [5.41, 5.74) is 1.20. The molecular weight excluding hydrogens is 257 g/mol. The zero-order valence-corrected chi connectivity index (χ0v) is 11.6. The number of ether oxygens (including phenoxy) is 1. The third-order valence-corrected chi connectivity index (χ3v) is 3.22. The number of aryl methyl sites for hydroxylation is 1. The Labute approximate surface area is 114 Å². The Morgan fingerprint density at radius 3 is 2.71 bits per heavy atom. The molecule has 0 saturated carbocycles. The first-order valence-electron chi connectivity index (χ1n) is 5.95. The third-order valence-electron chi connectivity index (χ3n) is 2.98. The lowest BCUT2D eigenvalue weighted by Crippen LogP contribution is -2.34. The fourth-order valence-electron chi connectivity index (χ4n) is 2.03. The molecule has 2 rings (SSSR count). The van der Waals surface area contributed by atoms with E-state index in [2.05, 4.69) is 12.2 Å². The Balaban J connectivity index is 0.00000144. The Morgan fingerprint density at radius 2 is 2.06 bits per heavy atom. The van der Waals surface area contributed by atoms with Crippen molar-refractivity contribution in [3.05, 3.63) is 28.8 Å². The standard InChI is InChI=1S/C13H18ClNO.ClH/c1-2-10-9-11(14)3-4-13(10)16-12-5-7-15-8-6-12;/h3-4,9,12,15H,2,5-8H2,1H3;1H. The molecule has 1 saturated heterocycles. The molecule has 0 radical (unpaired) electrons. The first-order valence-corrected chi connectivity index (χ1v) is 6.33. The van der Waals surface area contributed by atoms with Gasteiger partial charge in [-0.15, -0.1) is 12.4 Å². The molecule has 0 atom stereocenters. The van der Waals surface area contributed by atoms with E-state index in [4.69, 9.17) is 16.3 Å². The molecule has 1 heterocycles. The third kappa shape index (κ3) is 4.06. The summed E-state index contributed by atoms with van der Waals surface area (Å²) in [4.78, 5) is 0. The number of halogens is 2. The zero-order valence-electron chi connectivity index (χ0n) is 10.0. The summed E-state index contributed by atoms with van der Waals surface area (Å²) in [5.74, 6) is 0.999. The van der Waals surface area contributed by atoms with Crippen LogP contribution in [0.15, 0.2) is 18.2 Å². The van der Waals surface area contributed by atoms with Crippen LogP contribution in [0.4, 0.5) is 0 Å². The Kier molecular flexibility index (Phi) is 6.10. The molecular formula is C13H19Cl2NO. The highest BCUT2D eigenvalue weighted by Crippen LogP contribution is 2.25. The molecule has 0 unspecified atom stereocenters. The zero-order chi connectivity index (χ0) is 11.4. The van der Waals surface area contributed by atoms with Gasteiger partial charge in [0.25, 0.3) is 0 Å². The van der Waals surface area contributed by atoms with Gasteiger partial charge in [-0.2, -0.15) is 0 Å². The molecule has 1 aromatic rings. The minimum absolute atomic E-state index is 0. The number of hydrogen-bond donors (Lipinski definition) is 1. The predicted octanol–water partition coefficient (Wildman–Crippen LogP) is 3.46. The largest absolute Gasteiger partial charge is 0.490 e. The van der Waals surface area contributed by atoms with Crippen LogP contribution in [-0.2, 0) is 6.42 Å². The molecule has 0 amide bonds. The SMILES string of the molecule is CCc1cc(Cl)ccc1OC1CCNCC1.Cl.